The molecule has 0 spiro atoms. The Labute approximate surface area is 152 Å². The summed E-state index contributed by atoms with van der Waals surface area (Å²) in [4.78, 5) is 0. The maximum absolute atomic E-state index is 4.41. The molecule has 3 heteroatoms. The largest absolute Gasteiger partial charge is 0.148 e. The third-order valence-electron chi connectivity index (χ3n) is 4.42. The molecule has 1 aromatic heterocycles. The number of hydrogen-bond donors (Lipinski definition) is 0. The number of rotatable bonds is 2. The minimum atomic E-state index is 0.163. The van der Waals surface area contributed by atoms with E-state index >= 15 is 0 Å². The van der Waals surface area contributed by atoms with Crippen molar-refractivity contribution >= 4 is 22.1 Å². The number of nitrogens with zero attached hydrogens (tertiary/aromatic N) is 2. The summed E-state index contributed by atoms with van der Waals surface area (Å²) in [6, 6.07) is 23.5. The molecule has 0 bridgehead atoms. The SMILES string of the molecule is CC(C)(C)c1ccc(-c2nnc(-c3ccc4ccccc4c3)s2)cc1. The zero-order valence-electron chi connectivity index (χ0n) is 14.7. The lowest BCUT2D eigenvalue weighted by Crippen LogP contribution is -2.10. The van der Waals surface area contributed by atoms with Crippen molar-refractivity contribution in [2.45, 2.75) is 26.2 Å². The highest BCUT2D eigenvalue weighted by Gasteiger charge is 2.14. The van der Waals surface area contributed by atoms with Gasteiger partial charge >= 0.3 is 0 Å². The maximum Gasteiger partial charge on any atom is 0.148 e. The molecular formula is C22H20N2S. The predicted molar refractivity (Wildman–Crippen MR) is 107 cm³/mol. The second-order valence-electron chi connectivity index (χ2n) is 7.30. The Morgan fingerprint density at radius 3 is 1.96 bits per heavy atom. The van der Waals surface area contributed by atoms with E-state index in [1.807, 2.05) is 0 Å². The van der Waals surface area contributed by atoms with E-state index in [1.165, 1.54) is 16.3 Å². The van der Waals surface area contributed by atoms with E-state index in [0.29, 0.717) is 0 Å². The molecule has 4 aromatic rings. The second-order valence-corrected chi connectivity index (χ2v) is 8.28. The van der Waals surface area contributed by atoms with E-state index in [0.717, 1.165) is 21.1 Å². The molecule has 0 aliphatic heterocycles. The zero-order chi connectivity index (χ0) is 17.4. The van der Waals surface area contributed by atoms with Crippen LogP contribution in [0.2, 0.25) is 0 Å². The van der Waals surface area contributed by atoms with Crippen LogP contribution in [0.4, 0.5) is 0 Å². The van der Waals surface area contributed by atoms with Gasteiger partial charge in [0.15, 0.2) is 0 Å². The van der Waals surface area contributed by atoms with E-state index < -0.39 is 0 Å². The molecule has 2 nitrogen and oxygen atoms in total. The van der Waals surface area contributed by atoms with Crippen LogP contribution >= 0.6 is 11.3 Å². The lowest BCUT2D eigenvalue weighted by atomic mass is 9.87. The van der Waals surface area contributed by atoms with Gasteiger partial charge in [0.05, 0.1) is 0 Å². The van der Waals surface area contributed by atoms with Gasteiger partial charge in [-0.3, -0.25) is 0 Å². The van der Waals surface area contributed by atoms with E-state index in [-0.39, 0.29) is 5.41 Å². The summed E-state index contributed by atoms with van der Waals surface area (Å²) in [5.74, 6) is 0. The van der Waals surface area contributed by atoms with Crippen LogP contribution in [0.5, 0.6) is 0 Å². The predicted octanol–water partition coefficient (Wildman–Crippen LogP) is 6.32. The van der Waals surface area contributed by atoms with Crippen molar-refractivity contribution in [1.82, 2.24) is 10.2 Å². The molecule has 0 radical (unpaired) electrons. The van der Waals surface area contributed by atoms with Crippen LogP contribution in [0.15, 0.2) is 66.7 Å². The summed E-state index contributed by atoms with van der Waals surface area (Å²) in [7, 11) is 0. The van der Waals surface area contributed by atoms with Crippen molar-refractivity contribution in [2.24, 2.45) is 0 Å². The van der Waals surface area contributed by atoms with Gasteiger partial charge in [0.25, 0.3) is 0 Å². The molecule has 0 aliphatic rings. The second kappa shape index (κ2) is 6.08. The molecule has 0 aliphatic carbocycles. The van der Waals surface area contributed by atoms with Gasteiger partial charge in [-0.2, -0.15) is 0 Å². The van der Waals surface area contributed by atoms with Gasteiger partial charge in [0.1, 0.15) is 10.0 Å². The number of fused-ring (bicyclic) bond motifs is 1. The molecule has 0 fully saturated rings. The van der Waals surface area contributed by atoms with E-state index in [2.05, 4.69) is 97.7 Å². The Morgan fingerprint density at radius 1 is 0.680 bits per heavy atom. The smallest absolute Gasteiger partial charge is 0.138 e. The molecule has 0 amide bonds. The van der Waals surface area contributed by atoms with Crippen molar-refractivity contribution in [3.63, 3.8) is 0 Å². The van der Waals surface area contributed by atoms with Crippen LogP contribution in [0.1, 0.15) is 26.3 Å². The van der Waals surface area contributed by atoms with Gasteiger partial charge in [-0.15, -0.1) is 10.2 Å². The molecular weight excluding hydrogens is 324 g/mol. The van der Waals surface area contributed by atoms with E-state index in [4.69, 9.17) is 0 Å². The van der Waals surface area contributed by atoms with Gasteiger partial charge in [0, 0.05) is 11.1 Å². The Kier molecular flexibility index (Phi) is 3.89. The minimum Gasteiger partial charge on any atom is -0.138 e. The van der Waals surface area contributed by atoms with Crippen LogP contribution in [0.3, 0.4) is 0 Å². The minimum absolute atomic E-state index is 0.163. The molecule has 0 N–H and O–H groups in total. The van der Waals surface area contributed by atoms with Gasteiger partial charge in [-0.1, -0.05) is 92.8 Å². The molecule has 25 heavy (non-hydrogen) atoms. The number of hydrogen-bond acceptors (Lipinski definition) is 3. The van der Waals surface area contributed by atoms with Crippen LogP contribution in [-0.4, -0.2) is 10.2 Å². The fourth-order valence-corrected chi connectivity index (χ4v) is 3.74. The Balaban J connectivity index is 1.67. The molecule has 0 saturated carbocycles. The topological polar surface area (TPSA) is 25.8 Å². The Morgan fingerprint density at radius 2 is 1.28 bits per heavy atom. The van der Waals surface area contributed by atoms with Gasteiger partial charge in [-0.25, -0.2) is 0 Å². The van der Waals surface area contributed by atoms with Crippen LogP contribution in [0, 0.1) is 0 Å². The Bertz CT molecular complexity index is 1020. The molecule has 124 valence electrons. The first-order valence-electron chi connectivity index (χ1n) is 8.44. The third-order valence-corrected chi connectivity index (χ3v) is 5.44. The highest BCUT2D eigenvalue weighted by Crippen LogP contribution is 2.32. The fraction of sp³-hybridized carbons (Fsp3) is 0.182. The fourth-order valence-electron chi connectivity index (χ4n) is 2.89. The normalized spacial score (nSPS) is 11.8. The summed E-state index contributed by atoms with van der Waals surface area (Å²) < 4.78 is 0. The molecule has 0 saturated heterocycles. The lowest BCUT2D eigenvalue weighted by molar-refractivity contribution is 0.590. The van der Waals surface area contributed by atoms with Crippen molar-refractivity contribution < 1.29 is 0 Å². The molecule has 4 rings (SSSR count). The van der Waals surface area contributed by atoms with Crippen molar-refractivity contribution in [3.8, 4) is 21.1 Å². The highest BCUT2D eigenvalue weighted by molar-refractivity contribution is 7.17. The summed E-state index contributed by atoms with van der Waals surface area (Å²) in [5, 5.41) is 13.2. The van der Waals surface area contributed by atoms with Crippen molar-refractivity contribution in [2.75, 3.05) is 0 Å². The average molecular weight is 344 g/mol. The van der Waals surface area contributed by atoms with Gasteiger partial charge in [0.2, 0.25) is 0 Å². The first-order chi connectivity index (χ1) is 12.0. The molecule has 1 heterocycles. The first kappa shape index (κ1) is 16.0. The van der Waals surface area contributed by atoms with Gasteiger partial charge in [-0.05, 0) is 27.8 Å². The quantitative estimate of drug-likeness (QED) is 0.425. The van der Waals surface area contributed by atoms with Crippen LogP contribution in [-0.2, 0) is 5.41 Å². The third kappa shape index (κ3) is 3.20. The van der Waals surface area contributed by atoms with Crippen molar-refractivity contribution in [3.05, 3.63) is 72.3 Å². The number of benzene rings is 3. The molecule has 3 aromatic carbocycles. The first-order valence-corrected chi connectivity index (χ1v) is 9.26. The van der Waals surface area contributed by atoms with E-state index in [1.54, 1.807) is 11.3 Å². The molecule has 0 atom stereocenters. The Hall–Kier alpha value is -2.52. The monoisotopic (exact) mass is 344 g/mol. The van der Waals surface area contributed by atoms with Crippen molar-refractivity contribution in [1.29, 1.82) is 0 Å². The highest BCUT2D eigenvalue weighted by atomic mass is 32.1. The van der Waals surface area contributed by atoms with E-state index in [9.17, 15) is 0 Å². The maximum atomic E-state index is 4.41. The summed E-state index contributed by atoms with van der Waals surface area (Å²) in [6.45, 7) is 6.68. The molecule has 0 unspecified atom stereocenters. The standard InChI is InChI=1S/C22H20N2S/c1-22(2,3)19-12-10-16(11-13-19)20-23-24-21(25-20)18-9-8-15-6-4-5-7-17(15)14-18/h4-14H,1-3H3. The zero-order valence-corrected chi connectivity index (χ0v) is 15.5. The summed E-state index contributed by atoms with van der Waals surface area (Å²) >= 11 is 1.64. The average Bonchev–Trinajstić information content (AvgIpc) is 3.11. The summed E-state index contributed by atoms with van der Waals surface area (Å²) in [6.07, 6.45) is 0. The number of aromatic nitrogens is 2. The lowest BCUT2D eigenvalue weighted by Gasteiger charge is -2.18. The van der Waals surface area contributed by atoms with Crippen LogP contribution < -0.4 is 0 Å². The van der Waals surface area contributed by atoms with Gasteiger partial charge < -0.3 is 0 Å². The summed E-state index contributed by atoms with van der Waals surface area (Å²) in [5.41, 5.74) is 3.73. The van der Waals surface area contributed by atoms with Crippen LogP contribution in [0.25, 0.3) is 31.9 Å².